The fourth-order valence-electron chi connectivity index (χ4n) is 3.44. The maximum atomic E-state index is 10.2. The molecule has 88 valence electrons. The highest BCUT2D eigenvalue weighted by Crippen LogP contribution is 2.52. The average molecular weight is 234 g/mol. The molecular weight excluding hydrogens is 220 g/mol. The summed E-state index contributed by atoms with van der Waals surface area (Å²) in [6, 6.07) is 12.9. The van der Waals surface area contributed by atoms with Crippen molar-refractivity contribution in [1.29, 1.82) is 0 Å². The minimum absolute atomic E-state index is 0.404. The molecule has 1 heteroatoms. The SMILES string of the molecule is CC1=C2C(=C(C)C1O)c1cccc3cccc2c13. The molecule has 0 spiro atoms. The average Bonchev–Trinajstić information content (AvgIpc) is 2.83. The fourth-order valence-corrected chi connectivity index (χ4v) is 3.44. The molecular formula is C17H14O. The van der Waals surface area contributed by atoms with Crippen LogP contribution in [-0.4, -0.2) is 11.2 Å². The first-order valence-electron chi connectivity index (χ1n) is 6.32. The second kappa shape index (κ2) is 3.12. The van der Waals surface area contributed by atoms with E-state index in [1.807, 2.05) is 13.8 Å². The lowest BCUT2D eigenvalue weighted by molar-refractivity contribution is 0.251. The summed E-state index contributed by atoms with van der Waals surface area (Å²) >= 11 is 0. The molecule has 0 unspecified atom stereocenters. The summed E-state index contributed by atoms with van der Waals surface area (Å²) in [5.41, 5.74) is 7.26. The summed E-state index contributed by atoms with van der Waals surface area (Å²) in [5, 5.41) is 12.9. The van der Waals surface area contributed by atoms with Crippen molar-refractivity contribution in [3.05, 3.63) is 58.7 Å². The zero-order chi connectivity index (χ0) is 12.4. The van der Waals surface area contributed by atoms with Crippen molar-refractivity contribution in [2.75, 3.05) is 0 Å². The minimum Gasteiger partial charge on any atom is -0.384 e. The van der Waals surface area contributed by atoms with Crippen LogP contribution in [0.1, 0.15) is 25.0 Å². The van der Waals surface area contributed by atoms with Crippen LogP contribution in [0.2, 0.25) is 0 Å². The van der Waals surface area contributed by atoms with Gasteiger partial charge in [0.25, 0.3) is 0 Å². The zero-order valence-corrected chi connectivity index (χ0v) is 10.5. The Morgan fingerprint density at radius 2 is 1.33 bits per heavy atom. The lowest BCUT2D eigenvalue weighted by Gasteiger charge is -2.08. The van der Waals surface area contributed by atoms with Gasteiger partial charge in [-0.3, -0.25) is 0 Å². The first-order chi connectivity index (χ1) is 8.70. The number of allylic oxidation sites excluding steroid dienone is 2. The van der Waals surface area contributed by atoms with Crippen molar-refractivity contribution >= 4 is 21.9 Å². The van der Waals surface area contributed by atoms with Gasteiger partial charge in [0, 0.05) is 0 Å². The zero-order valence-electron chi connectivity index (χ0n) is 10.5. The van der Waals surface area contributed by atoms with E-state index in [9.17, 15) is 5.11 Å². The third-order valence-corrected chi connectivity index (χ3v) is 4.30. The van der Waals surface area contributed by atoms with Crippen LogP contribution in [0.25, 0.3) is 21.9 Å². The third kappa shape index (κ3) is 0.971. The highest BCUT2D eigenvalue weighted by Gasteiger charge is 2.34. The van der Waals surface area contributed by atoms with Crippen molar-refractivity contribution in [2.24, 2.45) is 0 Å². The molecule has 18 heavy (non-hydrogen) atoms. The van der Waals surface area contributed by atoms with Gasteiger partial charge >= 0.3 is 0 Å². The highest BCUT2D eigenvalue weighted by atomic mass is 16.3. The predicted octanol–water partition coefficient (Wildman–Crippen LogP) is 3.77. The summed E-state index contributed by atoms with van der Waals surface area (Å²) in [6.45, 7) is 4.09. The van der Waals surface area contributed by atoms with E-state index >= 15 is 0 Å². The number of aliphatic hydroxyl groups is 1. The van der Waals surface area contributed by atoms with Crippen LogP contribution < -0.4 is 0 Å². The van der Waals surface area contributed by atoms with Gasteiger partial charge in [-0.05, 0) is 58.0 Å². The number of hydrogen-bond donors (Lipinski definition) is 1. The molecule has 0 atom stereocenters. The molecule has 0 amide bonds. The van der Waals surface area contributed by atoms with Crippen LogP contribution in [0.4, 0.5) is 0 Å². The van der Waals surface area contributed by atoms with Gasteiger partial charge in [0.05, 0.1) is 6.10 Å². The Hall–Kier alpha value is -1.86. The smallest absolute Gasteiger partial charge is 0.0974 e. The highest BCUT2D eigenvalue weighted by molar-refractivity contribution is 6.25. The largest absolute Gasteiger partial charge is 0.384 e. The summed E-state index contributed by atoms with van der Waals surface area (Å²) in [5.74, 6) is 0. The second-order valence-corrected chi connectivity index (χ2v) is 5.23. The van der Waals surface area contributed by atoms with Crippen molar-refractivity contribution in [3.8, 4) is 0 Å². The monoisotopic (exact) mass is 234 g/mol. The molecule has 0 radical (unpaired) electrons. The maximum absolute atomic E-state index is 10.2. The van der Waals surface area contributed by atoms with Crippen LogP contribution in [0.15, 0.2) is 47.5 Å². The second-order valence-electron chi connectivity index (χ2n) is 5.23. The first-order valence-corrected chi connectivity index (χ1v) is 6.32. The van der Waals surface area contributed by atoms with Crippen LogP contribution in [0.3, 0.4) is 0 Å². The van der Waals surface area contributed by atoms with Crippen LogP contribution >= 0.6 is 0 Å². The van der Waals surface area contributed by atoms with Gasteiger partial charge in [-0.25, -0.2) is 0 Å². The Morgan fingerprint density at radius 3 is 1.83 bits per heavy atom. The summed E-state index contributed by atoms with van der Waals surface area (Å²) in [7, 11) is 0. The van der Waals surface area contributed by atoms with Crippen LogP contribution in [-0.2, 0) is 0 Å². The molecule has 0 saturated heterocycles. The number of fused-ring (bicyclic) bond motifs is 3. The van der Waals surface area contributed by atoms with Gasteiger partial charge in [0.1, 0.15) is 0 Å². The van der Waals surface area contributed by atoms with Gasteiger partial charge < -0.3 is 5.11 Å². The molecule has 0 saturated carbocycles. The Kier molecular flexibility index (Phi) is 1.75. The standard InChI is InChI=1S/C17H14O/c1-9-14-12-7-3-5-11-6-4-8-13(16(11)12)15(14)10(2)17(9)18/h3-8,17-18H,1-2H3. The molecule has 4 rings (SSSR count). The Morgan fingerprint density at radius 1 is 0.833 bits per heavy atom. The van der Waals surface area contributed by atoms with E-state index in [4.69, 9.17) is 0 Å². The van der Waals surface area contributed by atoms with E-state index in [1.54, 1.807) is 0 Å². The quantitative estimate of drug-likeness (QED) is 0.735. The van der Waals surface area contributed by atoms with Crippen molar-refractivity contribution in [1.82, 2.24) is 0 Å². The van der Waals surface area contributed by atoms with Crippen LogP contribution in [0, 0.1) is 0 Å². The molecule has 0 fully saturated rings. The molecule has 0 aliphatic heterocycles. The molecule has 1 N–H and O–H groups in total. The van der Waals surface area contributed by atoms with E-state index in [1.165, 1.54) is 33.0 Å². The lowest BCUT2D eigenvalue weighted by Crippen LogP contribution is -2.06. The summed E-state index contributed by atoms with van der Waals surface area (Å²) in [4.78, 5) is 0. The molecule has 2 aromatic carbocycles. The van der Waals surface area contributed by atoms with Gasteiger partial charge in [-0.15, -0.1) is 0 Å². The van der Waals surface area contributed by atoms with Crippen LogP contribution in [0.5, 0.6) is 0 Å². The summed E-state index contributed by atoms with van der Waals surface area (Å²) in [6.07, 6.45) is -0.404. The van der Waals surface area contributed by atoms with Crippen molar-refractivity contribution in [3.63, 3.8) is 0 Å². The minimum atomic E-state index is -0.404. The van der Waals surface area contributed by atoms with E-state index < -0.39 is 6.10 Å². The number of hydrogen-bond acceptors (Lipinski definition) is 1. The molecule has 2 aliphatic carbocycles. The van der Waals surface area contributed by atoms with Gasteiger partial charge in [0.2, 0.25) is 0 Å². The van der Waals surface area contributed by atoms with E-state index in [-0.39, 0.29) is 0 Å². The Balaban J connectivity index is 2.25. The van der Waals surface area contributed by atoms with Gasteiger partial charge in [-0.1, -0.05) is 36.4 Å². The first kappa shape index (κ1) is 10.1. The van der Waals surface area contributed by atoms with E-state index in [0.717, 1.165) is 11.1 Å². The number of benzene rings is 2. The predicted molar refractivity (Wildman–Crippen MR) is 75.1 cm³/mol. The molecule has 0 heterocycles. The number of rotatable bonds is 0. The Labute approximate surface area is 106 Å². The van der Waals surface area contributed by atoms with Crippen molar-refractivity contribution < 1.29 is 5.11 Å². The fraction of sp³-hybridized carbons (Fsp3) is 0.176. The third-order valence-electron chi connectivity index (χ3n) is 4.30. The van der Waals surface area contributed by atoms with Crippen molar-refractivity contribution in [2.45, 2.75) is 20.0 Å². The topological polar surface area (TPSA) is 20.2 Å². The molecule has 1 nitrogen and oxygen atoms in total. The van der Waals surface area contributed by atoms with E-state index in [2.05, 4.69) is 36.4 Å². The molecule has 2 aromatic rings. The van der Waals surface area contributed by atoms with E-state index in [0.29, 0.717) is 0 Å². The summed E-state index contributed by atoms with van der Waals surface area (Å²) < 4.78 is 0. The van der Waals surface area contributed by atoms with Gasteiger partial charge in [0.15, 0.2) is 0 Å². The number of aliphatic hydroxyl groups excluding tert-OH is 1. The normalized spacial score (nSPS) is 18.2. The maximum Gasteiger partial charge on any atom is 0.0974 e. The molecule has 2 aliphatic rings. The lowest BCUT2D eigenvalue weighted by atomic mass is 10.0. The van der Waals surface area contributed by atoms with Gasteiger partial charge in [-0.2, -0.15) is 0 Å². The molecule has 0 bridgehead atoms. The Bertz CT molecular complexity index is 702. The molecule has 0 aromatic heterocycles.